The molecular weight excluding hydrogens is 160 g/mol. The van der Waals surface area contributed by atoms with Crippen molar-refractivity contribution in [3.63, 3.8) is 0 Å². The standard InChI is InChI=1S/C7H12N2OS/c1-4(8)7-5(2)11-6(3-10)9-7/h4,10H,3,8H2,1-2H3. The van der Waals surface area contributed by atoms with E-state index in [4.69, 9.17) is 10.8 Å². The van der Waals surface area contributed by atoms with Gasteiger partial charge in [0.05, 0.1) is 12.3 Å². The van der Waals surface area contributed by atoms with E-state index in [2.05, 4.69) is 4.98 Å². The lowest BCUT2D eigenvalue weighted by molar-refractivity contribution is 0.281. The van der Waals surface area contributed by atoms with E-state index in [1.165, 1.54) is 11.3 Å². The van der Waals surface area contributed by atoms with Crippen LogP contribution in [0.3, 0.4) is 0 Å². The van der Waals surface area contributed by atoms with Crippen LogP contribution in [0.25, 0.3) is 0 Å². The van der Waals surface area contributed by atoms with Gasteiger partial charge in [0, 0.05) is 10.9 Å². The van der Waals surface area contributed by atoms with Crippen LogP contribution in [0.2, 0.25) is 0 Å². The van der Waals surface area contributed by atoms with Crippen LogP contribution in [0.4, 0.5) is 0 Å². The second kappa shape index (κ2) is 3.30. The van der Waals surface area contributed by atoms with E-state index >= 15 is 0 Å². The van der Waals surface area contributed by atoms with E-state index < -0.39 is 0 Å². The SMILES string of the molecule is Cc1sc(CO)nc1C(C)N. The van der Waals surface area contributed by atoms with Gasteiger partial charge in [-0.05, 0) is 13.8 Å². The molecule has 1 atom stereocenters. The summed E-state index contributed by atoms with van der Waals surface area (Å²) < 4.78 is 0. The molecule has 0 radical (unpaired) electrons. The Balaban J connectivity index is 2.97. The molecule has 0 aliphatic carbocycles. The van der Waals surface area contributed by atoms with Gasteiger partial charge in [-0.1, -0.05) is 0 Å². The Morgan fingerprint density at radius 1 is 1.73 bits per heavy atom. The molecule has 1 aromatic rings. The van der Waals surface area contributed by atoms with E-state index in [-0.39, 0.29) is 12.6 Å². The summed E-state index contributed by atoms with van der Waals surface area (Å²) in [4.78, 5) is 5.27. The third-order valence-corrected chi connectivity index (χ3v) is 2.41. The van der Waals surface area contributed by atoms with Gasteiger partial charge >= 0.3 is 0 Å². The number of aliphatic hydroxyl groups is 1. The van der Waals surface area contributed by atoms with Gasteiger partial charge in [0.15, 0.2) is 0 Å². The maximum atomic E-state index is 8.76. The first kappa shape index (κ1) is 8.64. The fourth-order valence-corrected chi connectivity index (χ4v) is 1.85. The number of aryl methyl sites for hydroxylation is 1. The maximum Gasteiger partial charge on any atom is 0.119 e. The van der Waals surface area contributed by atoms with E-state index in [9.17, 15) is 0 Å². The fourth-order valence-electron chi connectivity index (χ4n) is 0.955. The number of nitrogens with two attached hydrogens (primary N) is 1. The van der Waals surface area contributed by atoms with Crippen molar-refractivity contribution >= 4 is 11.3 Å². The highest BCUT2D eigenvalue weighted by Gasteiger charge is 2.09. The predicted octanol–water partition coefficient (Wildman–Crippen LogP) is 0.964. The summed E-state index contributed by atoms with van der Waals surface area (Å²) in [6.07, 6.45) is 0. The molecule has 0 aliphatic rings. The second-order valence-electron chi connectivity index (χ2n) is 2.50. The van der Waals surface area contributed by atoms with Crippen LogP contribution in [0, 0.1) is 6.92 Å². The molecule has 0 bridgehead atoms. The molecule has 0 aromatic carbocycles. The lowest BCUT2D eigenvalue weighted by Gasteiger charge is -1.99. The van der Waals surface area contributed by atoms with Gasteiger partial charge in [-0.25, -0.2) is 4.98 Å². The molecule has 0 amide bonds. The fraction of sp³-hybridized carbons (Fsp3) is 0.571. The van der Waals surface area contributed by atoms with Crippen LogP contribution < -0.4 is 5.73 Å². The highest BCUT2D eigenvalue weighted by atomic mass is 32.1. The van der Waals surface area contributed by atoms with Crippen LogP contribution in [-0.2, 0) is 6.61 Å². The minimum Gasteiger partial charge on any atom is -0.389 e. The Morgan fingerprint density at radius 2 is 2.36 bits per heavy atom. The molecule has 1 heterocycles. The van der Waals surface area contributed by atoms with E-state index in [1.54, 1.807) is 0 Å². The number of aromatic nitrogens is 1. The van der Waals surface area contributed by atoms with E-state index in [0.717, 1.165) is 15.6 Å². The summed E-state index contributed by atoms with van der Waals surface area (Å²) in [6.45, 7) is 3.87. The molecule has 11 heavy (non-hydrogen) atoms. The first-order valence-corrected chi connectivity index (χ1v) is 4.29. The quantitative estimate of drug-likeness (QED) is 0.698. The van der Waals surface area contributed by atoms with Gasteiger partial charge in [-0.3, -0.25) is 0 Å². The van der Waals surface area contributed by atoms with Crippen molar-refractivity contribution < 1.29 is 5.11 Å². The van der Waals surface area contributed by atoms with Crippen molar-refractivity contribution in [3.05, 3.63) is 15.6 Å². The summed E-state index contributed by atoms with van der Waals surface area (Å²) >= 11 is 1.50. The molecule has 4 heteroatoms. The topological polar surface area (TPSA) is 59.1 Å². The van der Waals surface area contributed by atoms with E-state index in [0.29, 0.717) is 0 Å². The van der Waals surface area contributed by atoms with Crippen molar-refractivity contribution in [2.24, 2.45) is 5.73 Å². The third-order valence-electron chi connectivity index (χ3n) is 1.44. The van der Waals surface area contributed by atoms with Crippen LogP contribution in [-0.4, -0.2) is 10.1 Å². The number of nitrogens with zero attached hydrogens (tertiary/aromatic N) is 1. The Morgan fingerprint density at radius 3 is 2.64 bits per heavy atom. The largest absolute Gasteiger partial charge is 0.389 e. The Bertz CT molecular complexity index is 245. The number of hydrogen-bond acceptors (Lipinski definition) is 4. The first-order chi connectivity index (χ1) is 5.15. The van der Waals surface area contributed by atoms with E-state index in [1.807, 2.05) is 13.8 Å². The zero-order chi connectivity index (χ0) is 8.43. The van der Waals surface area contributed by atoms with Gasteiger partial charge in [0.25, 0.3) is 0 Å². The Hall–Kier alpha value is -0.450. The predicted molar refractivity (Wildman–Crippen MR) is 45.4 cm³/mol. The van der Waals surface area contributed by atoms with Crippen molar-refractivity contribution in [1.29, 1.82) is 0 Å². The molecular formula is C7H12N2OS. The van der Waals surface area contributed by atoms with Crippen molar-refractivity contribution in [2.45, 2.75) is 26.5 Å². The summed E-state index contributed by atoms with van der Waals surface area (Å²) in [7, 11) is 0. The summed E-state index contributed by atoms with van der Waals surface area (Å²) in [5.74, 6) is 0. The highest BCUT2D eigenvalue weighted by Crippen LogP contribution is 2.21. The molecule has 0 saturated heterocycles. The monoisotopic (exact) mass is 172 g/mol. The molecule has 1 rings (SSSR count). The zero-order valence-electron chi connectivity index (χ0n) is 6.66. The minimum atomic E-state index is -0.0356. The molecule has 1 unspecified atom stereocenters. The number of hydrogen-bond donors (Lipinski definition) is 2. The number of rotatable bonds is 2. The number of thiazole rings is 1. The van der Waals surface area contributed by atoms with Gasteiger partial charge in [0.2, 0.25) is 0 Å². The van der Waals surface area contributed by atoms with Gasteiger partial charge in [-0.2, -0.15) is 0 Å². The summed E-state index contributed by atoms with van der Waals surface area (Å²) in [5.41, 5.74) is 6.55. The number of aliphatic hydroxyl groups excluding tert-OH is 1. The highest BCUT2D eigenvalue weighted by molar-refractivity contribution is 7.11. The van der Waals surface area contributed by atoms with Crippen LogP contribution in [0.1, 0.15) is 28.5 Å². The molecule has 62 valence electrons. The molecule has 1 aromatic heterocycles. The molecule has 0 spiro atoms. The van der Waals surface area contributed by atoms with Gasteiger partial charge < -0.3 is 10.8 Å². The molecule has 3 nitrogen and oxygen atoms in total. The summed E-state index contributed by atoms with van der Waals surface area (Å²) in [6, 6.07) is -0.0356. The normalized spacial score (nSPS) is 13.5. The first-order valence-electron chi connectivity index (χ1n) is 3.47. The van der Waals surface area contributed by atoms with Crippen LogP contribution in [0.15, 0.2) is 0 Å². The maximum absolute atomic E-state index is 8.76. The average molecular weight is 172 g/mol. The average Bonchev–Trinajstić information content (AvgIpc) is 2.30. The van der Waals surface area contributed by atoms with Gasteiger partial charge in [-0.15, -0.1) is 11.3 Å². The molecule has 0 saturated carbocycles. The minimum absolute atomic E-state index is 0.0121. The molecule has 0 fully saturated rings. The smallest absolute Gasteiger partial charge is 0.119 e. The Labute approximate surface area is 69.9 Å². The molecule has 0 aliphatic heterocycles. The zero-order valence-corrected chi connectivity index (χ0v) is 7.48. The van der Waals surface area contributed by atoms with Crippen LogP contribution in [0.5, 0.6) is 0 Å². The lowest BCUT2D eigenvalue weighted by atomic mass is 10.2. The molecule has 3 N–H and O–H groups in total. The lowest BCUT2D eigenvalue weighted by Crippen LogP contribution is -2.06. The second-order valence-corrected chi connectivity index (χ2v) is 3.78. The summed E-state index contributed by atoms with van der Waals surface area (Å²) in [5, 5.41) is 9.51. The van der Waals surface area contributed by atoms with Crippen molar-refractivity contribution in [3.8, 4) is 0 Å². The third kappa shape index (κ3) is 1.77. The van der Waals surface area contributed by atoms with Gasteiger partial charge in [0.1, 0.15) is 5.01 Å². The van der Waals surface area contributed by atoms with Crippen molar-refractivity contribution in [2.75, 3.05) is 0 Å². The Kier molecular flexibility index (Phi) is 2.59. The van der Waals surface area contributed by atoms with Crippen molar-refractivity contribution in [1.82, 2.24) is 4.98 Å². The van der Waals surface area contributed by atoms with Crippen LogP contribution >= 0.6 is 11.3 Å².